The maximum atomic E-state index is 12.4. The van der Waals surface area contributed by atoms with Crippen LogP contribution in [-0.2, 0) is 16.4 Å². The minimum absolute atomic E-state index is 0. The summed E-state index contributed by atoms with van der Waals surface area (Å²) in [6.45, 7) is 5.93. The summed E-state index contributed by atoms with van der Waals surface area (Å²) in [5.74, 6) is 0.369. The van der Waals surface area contributed by atoms with Crippen LogP contribution < -0.4 is 10.0 Å². The molecular formula is C15H25ClN2O2S. The number of aryl methyl sites for hydroxylation is 1. The number of piperidine rings is 1. The van der Waals surface area contributed by atoms with Gasteiger partial charge in [-0.3, -0.25) is 0 Å². The molecule has 1 aromatic rings. The minimum Gasteiger partial charge on any atom is -0.316 e. The Hall–Kier alpha value is -0.620. The van der Waals surface area contributed by atoms with E-state index < -0.39 is 10.0 Å². The van der Waals surface area contributed by atoms with Crippen LogP contribution in [0.25, 0.3) is 0 Å². The zero-order valence-electron chi connectivity index (χ0n) is 12.6. The van der Waals surface area contributed by atoms with E-state index in [9.17, 15) is 8.42 Å². The Balaban J connectivity index is 0.00000220. The van der Waals surface area contributed by atoms with E-state index in [0.29, 0.717) is 10.8 Å². The van der Waals surface area contributed by atoms with Gasteiger partial charge in [0.15, 0.2) is 0 Å². The van der Waals surface area contributed by atoms with Gasteiger partial charge in [-0.25, -0.2) is 13.1 Å². The maximum absolute atomic E-state index is 12.4. The molecule has 0 amide bonds. The summed E-state index contributed by atoms with van der Waals surface area (Å²) < 4.78 is 27.5. The smallest absolute Gasteiger partial charge is 0.240 e. The number of hydrogen-bond donors (Lipinski definition) is 2. The predicted octanol–water partition coefficient (Wildman–Crippen LogP) is 2.34. The van der Waals surface area contributed by atoms with Gasteiger partial charge < -0.3 is 5.32 Å². The van der Waals surface area contributed by atoms with Gasteiger partial charge in [-0.1, -0.05) is 19.1 Å². The fraction of sp³-hybridized carbons (Fsp3) is 0.600. The summed E-state index contributed by atoms with van der Waals surface area (Å²) in [5, 5.41) is 3.32. The van der Waals surface area contributed by atoms with Crippen molar-refractivity contribution >= 4 is 22.4 Å². The summed E-state index contributed by atoms with van der Waals surface area (Å²) in [6, 6.07) is 7.08. The molecule has 1 heterocycles. The third kappa shape index (κ3) is 4.95. The first-order valence-electron chi connectivity index (χ1n) is 7.35. The van der Waals surface area contributed by atoms with Crippen molar-refractivity contribution in [2.75, 3.05) is 13.1 Å². The van der Waals surface area contributed by atoms with Crippen molar-refractivity contribution in [3.63, 3.8) is 0 Å². The number of sulfonamides is 1. The lowest BCUT2D eigenvalue weighted by atomic mass is 9.94. The molecule has 2 N–H and O–H groups in total. The number of rotatable bonds is 5. The molecule has 2 unspecified atom stereocenters. The minimum atomic E-state index is -3.41. The van der Waals surface area contributed by atoms with Crippen LogP contribution in [0.4, 0.5) is 0 Å². The van der Waals surface area contributed by atoms with Crippen LogP contribution in [-0.4, -0.2) is 27.5 Å². The molecule has 0 saturated carbocycles. The number of hydrogen-bond acceptors (Lipinski definition) is 3. The van der Waals surface area contributed by atoms with Gasteiger partial charge in [0.05, 0.1) is 4.90 Å². The lowest BCUT2D eigenvalue weighted by molar-refractivity contribution is 0.320. The first-order chi connectivity index (χ1) is 9.53. The molecule has 120 valence electrons. The molecule has 6 heteroatoms. The van der Waals surface area contributed by atoms with Crippen LogP contribution in [0.2, 0.25) is 0 Å². The van der Waals surface area contributed by atoms with E-state index >= 15 is 0 Å². The van der Waals surface area contributed by atoms with Gasteiger partial charge in [-0.2, -0.15) is 0 Å². The SMILES string of the molecule is CCc1ccc(S(=O)(=O)NC(C)C2CCCNC2)cc1.Cl. The van der Waals surface area contributed by atoms with Gasteiger partial charge in [0.1, 0.15) is 0 Å². The van der Waals surface area contributed by atoms with Gasteiger partial charge in [0, 0.05) is 6.04 Å². The zero-order valence-corrected chi connectivity index (χ0v) is 14.3. The standard InChI is InChI=1S/C15H24N2O2S.ClH/c1-3-13-6-8-15(9-7-13)20(18,19)17-12(2)14-5-4-10-16-11-14;/h6-9,12,14,16-17H,3-5,10-11H2,1-2H3;1H. The van der Waals surface area contributed by atoms with E-state index in [-0.39, 0.29) is 18.4 Å². The van der Waals surface area contributed by atoms with E-state index in [2.05, 4.69) is 17.0 Å². The van der Waals surface area contributed by atoms with Crippen LogP contribution in [0.1, 0.15) is 32.3 Å². The average Bonchev–Trinajstić information content (AvgIpc) is 2.48. The van der Waals surface area contributed by atoms with Crippen molar-refractivity contribution in [1.82, 2.24) is 10.0 Å². The first kappa shape index (κ1) is 18.4. The monoisotopic (exact) mass is 332 g/mol. The number of benzene rings is 1. The van der Waals surface area contributed by atoms with Gasteiger partial charge >= 0.3 is 0 Å². The van der Waals surface area contributed by atoms with Gasteiger partial charge in [0.2, 0.25) is 10.0 Å². The zero-order chi connectivity index (χ0) is 14.6. The first-order valence-corrected chi connectivity index (χ1v) is 8.83. The van der Waals surface area contributed by atoms with E-state index in [0.717, 1.165) is 37.9 Å². The maximum Gasteiger partial charge on any atom is 0.240 e. The second-order valence-corrected chi connectivity index (χ2v) is 7.23. The van der Waals surface area contributed by atoms with E-state index in [1.807, 2.05) is 19.1 Å². The Bertz CT molecular complexity index is 525. The van der Waals surface area contributed by atoms with Crippen molar-refractivity contribution in [2.24, 2.45) is 5.92 Å². The Morgan fingerprint density at radius 3 is 2.52 bits per heavy atom. The van der Waals surface area contributed by atoms with Crippen LogP contribution >= 0.6 is 12.4 Å². The molecule has 21 heavy (non-hydrogen) atoms. The Labute approximate surface area is 134 Å². The highest BCUT2D eigenvalue weighted by atomic mass is 35.5. The van der Waals surface area contributed by atoms with Crippen molar-refractivity contribution in [3.05, 3.63) is 29.8 Å². The lowest BCUT2D eigenvalue weighted by Crippen LogP contribution is -2.44. The summed E-state index contributed by atoms with van der Waals surface area (Å²) in [6.07, 6.45) is 3.10. The largest absolute Gasteiger partial charge is 0.316 e. The quantitative estimate of drug-likeness (QED) is 0.870. The Kier molecular flexibility index (Phi) is 7.13. The van der Waals surface area contributed by atoms with Crippen molar-refractivity contribution in [3.8, 4) is 0 Å². The van der Waals surface area contributed by atoms with Crippen molar-refractivity contribution in [2.45, 2.75) is 44.0 Å². The highest BCUT2D eigenvalue weighted by molar-refractivity contribution is 7.89. The topological polar surface area (TPSA) is 58.2 Å². The van der Waals surface area contributed by atoms with Crippen LogP contribution in [0, 0.1) is 5.92 Å². The fourth-order valence-corrected chi connectivity index (χ4v) is 3.93. The van der Waals surface area contributed by atoms with Crippen molar-refractivity contribution in [1.29, 1.82) is 0 Å². The number of halogens is 1. The van der Waals surface area contributed by atoms with E-state index in [1.165, 1.54) is 0 Å². The van der Waals surface area contributed by atoms with E-state index in [1.54, 1.807) is 12.1 Å². The van der Waals surface area contributed by atoms with Crippen LogP contribution in [0.5, 0.6) is 0 Å². The number of nitrogens with one attached hydrogen (secondary N) is 2. The molecule has 1 aliphatic rings. The summed E-state index contributed by atoms with van der Waals surface area (Å²) in [5.41, 5.74) is 1.15. The molecule has 0 aromatic heterocycles. The molecule has 1 aromatic carbocycles. The molecule has 2 atom stereocenters. The second-order valence-electron chi connectivity index (χ2n) is 5.51. The molecule has 1 saturated heterocycles. The molecule has 0 spiro atoms. The molecule has 1 fully saturated rings. The molecule has 0 bridgehead atoms. The van der Waals surface area contributed by atoms with Crippen molar-refractivity contribution < 1.29 is 8.42 Å². The van der Waals surface area contributed by atoms with Crippen LogP contribution in [0.3, 0.4) is 0 Å². The predicted molar refractivity (Wildman–Crippen MR) is 88.4 cm³/mol. The third-order valence-electron chi connectivity index (χ3n) is 4.03. The van der Waals surface area contributed by atoms with Crippen LogP contribution in [0.15, 0.2) is 29.2 Å². The van der Waals surface area contributed by atoms with E-state index in [4.69, 9.17) is 0 Å². The Morgan fingerprint density at radius 1 is 1.33 bits per heavy atom. The summed E-state index contributed by atoms with van der Waals surface area (Å²) in [7, 11) is -3.41. The van der Waals surface area contributed by atoms with Gasteiger partial charge in [-0.15, -0.1) is 12.4 Å². The van der Waals surface area contributed by atoms with Gasteiger partial charge in [-0.05, 0) is 62.9 Å². The fourth-order valence-electron chi connectivity index (χ4n) is 2.62. The average molecular weight is 333 g/mol. The highest BCUT2D eigenvalue weighted by Crippen LogP contribution is 2.17. The molecule has 4 nitrogen and oxygen atoms in total. The normalized spacial score (nSPS) is 20.6. The Morgan fingerprint density at radius 2 is 2.00 bits per heavy atom. The lowest BCUT2D eigenvalue weighted by Gasteiger charge is -2.28. The molecule has 2 rings (SSSR count). The van der Waals surface area contributed by atoms with Gasteiger partial charge in [0.25, 0.3) is 0 Å². The highest BCUT2D eigenvalue weighted by Gasteiger charge is 2.24. The summed E-state index contributed by atoms with van der Waals surface area (Å²) >= 11 is 0. The summed E-state index contributed by atoms with van der Waals surface area (Å²) in [4.78, 5) is 0.352. The third-order valence-corrected chi connectivity index (χ3v) is 5.60. The molecule has 0 radical (unpaired) electrons. The molecule has 1 aliphatic heterocycles. The molecule has 0 aliphatic carbocycles. The molecular weight excluding hydrogens is 308 g/mol. The second kappa shape index (κ2) is 8.13.